The minimum Gasteiger partial charge on any atom is -0.481 e. The topological polar surface area (TPSA) is 66.6 Å². The van der Waals surface area contributed by atoms with Crippen molar-refractivity contribution in [1.82, 2.24) is 4.90 Å². The highest BCUT2D eigenvalue weighted by Crippen LogP contribution is 2.19. The zero-order valence-electron chi connectivity index (χ0n) is 11.2. The van der Waals surface area contributed by atoms with Crippen molar-refractivity contribution in [1.29, 1.82) is 0 Å². The van der Waals surface area contributed by atoms with Crippen molar-refractivity contribution >= 4 is 5.97 Å². The predicted molar refractivity (Wildman–Crippen MR) is 74.8 cm³/mol. The van der Waals surface area contributed by atoms with Gasteiger partial charge in [-0.05, 0) is 43.5 Å². The number of rotatable bonds is 6. The highest BCUT2D eigenvalue weighted by Gasteiger charge is 2.13. The number of carboxylic acid groups (broad SMARTS) is 1. The van der Waals surface area contributed by atoms with E-state index in [-0.39, 0.29) is 12.5 Å². The molecule has 1 saturated heterocycles. The third-order valence-electron chi connectivity index (χ3n) is 3.65. The van der Waals surface area contributed by atoms with Crippen molar-refractivity contribution in [3.63, 3.8) is 0 Å². The second kappa shape index (κ2) is 6.68. The largest absolute Gasteiger partial charge is 0.481 e. The van der Waals surface area contributed by atoms with Crippen LogP contribution in [0.15, 0.2) is 24.3 Å². The third-order valence-corrected chi connectivity index (χ3v) is 3.65. The molecule has 1 aliphatic rings. The quantitative estimate of drug-likeness (QED) is 0.824. The van der Waals surface area contributed by atoms with E-state index in [9.17, 15) is 4.79 Å². The molecule has 0 saturated carbocycles. The Bertz CT molecular complexity index is 428. The van der Waals surface area contributed by atoms with Gasteiger partial charge in [-0.15, -0.1) is 0 Å². The molecule has 19 heavy (non-hydrogen) atoms. The van der Waals surface area contributed by atoms with Gasteiger partial charge < -0.3 is 10.8 Å². The van der Waals surface area contributed by atoms with Gasteiger partial charge in [0.15, 0.2) is 0 Å². The highest BCUT2D eigenvalue weighted by molar-refractivity contribution is 5.66. The lowest BCUT2D eigenvalue weighted by molar-refractivity contribution is -0.137. The third kappa shape index (κ3) is 4.33. The van der Waals surface area contributed by atoms with E-state index in [0.29, 0.717) is 6.42 Å². The van der Waals surface area contributed by atoms with Gasteiger partial charge in [0.1, 0.15) is 0 Å². The van der Waals surface area contributed by atoms with Gasteiger partial charge >= 0.3 is 5.97 Å². The van der Waals surface area contributed by atoms with Crippen LogP contribution in [0.5, 0.6) is 0 Å². The van der Waals surface area contributed by atoms with E-state index in [1.165, 1.54) is 31.5 Å². The fourth-order valence-electron chi connectivity index (χ4n) is 2.57. The van der Waals surface area contributed by atoms with Crippen LogP contribution in [0.2, 0.25) is 0 Å². The Labute approximate surface area is 114 Å². The molecule has 4 nitrogen and oxygen atoms in total. The van der Waals surface area contributed by atoms with Crippen molar-refractivity contribution in [3.8, 4) is 0 Å². The number of likely N-dealkylation sites (tertiary alicyclic amines) is 1. The molecule has 4 heteroatoms. The maximum absolute atomic E-state index is 10.6. The zero-order chi connectivity index (χ0) is 13.7. The van der Waals surface area contributed by atoms with Crippen molar-refractivity contribution in [2.24, 2.45) is 5.73 Å². The molecule has 0 radical (unpaired) electrons. The molecule has 1 aliphatic heterocycles. The van der Waals surface area contributed by atoms with E-state index in [2.05, 4.69) is 17.0 Å². The first-order valence-electron chi connectivity index (χ1n) is 6.94. The lowest BCUT2D eigenvalue weighted by Gasteiger charge is -2.17. The van der Waals surface area contributed by atoms with Crippen LogP contribution in [0.4, 0.5) is 0 Å². The Morgan fingerprint density at radius 1 is 1.37 bits per heavy atom. The molecule has 1 atom stereocenters. The Kier molecular flexibility index (Phi) is 4.93. The van der Waals surface area contributed by atoms with Gasteiger partial charge in [-0.3, -0.25) is 9.69 Å². The molecule has 0 amide bonds. The fourth-order valence-corrected chi connectivity index (χ4v) is 2.57. The van der Waals surface area contributed by atoms with Crippen LogP contribution in [0, 0.1) is 0 Å². The summed E-state index contributed by atoms with van der Waals surface area (Å²) >= 11 is 0. The van der Waals surface area contributed by atoms with E-state index in [0.717, 1.165) is 12.1 Å². The van der Waals surface area contributed by atoms with Crippen LogP contribution >= 0.6 is 0 Å². The highest BCUT2D eigenvalue weighted by atomic mass is 16.4. The van der Waals surface area contributed by atoms with Crippen LogP contribution in [0.25, 0.3) is 0 Å². The van der Waals surface area contributed by atoms with Crippen LogP contribution < -0.4 is 5.73 Å². The summed E-state index contributed by atoms with van der Waals surface area (Å²) in [6.45, 7) is 3.32. The number of hydrogen-bond donors (Lipinski definition) is 2. The molecule has 0 spiro atoms. The van der Waals surface area contributed by atoms with Crippen LogP contribution in [-0.2, 0) is 11.3 Å². The van der Waals surface area contributed by atoms with Crippen molar-refractivity contribution in [2.75, 3.05) is 13.1 Å². The average Bonchev–Trinajstić information content (AvgIpc) is 2.89. The van der Waals surface area contributed by atoms with E-state index >= 15 is 0 Å². The summed E-state index contributed by atoms with van der Waals surface area (Å²) in [4.78, 5) is 13.0. The fraction of sp³-hybridized carbons (Fsp3) is 0.533. The van der Waals surface area contributed by atoms with Crippen molar-refractivity contribution in [3.05, 3.63) is 35.4 Å². The molecule has 3 N–H and O–H groups in total. The van der Waals surface area contributed by atoms with E-state index < -0.39 is 5.97 Å². The number of carboxylic acids is 1. The molecule has 104 valence electrons. The van der Waals surface area contributed by atoms with E-state index in [1.54, 1.807) is 0 Å². The summed E-state index contributed by atoms with van der Waals surface area (Å²) in [7, 11) is 0. The summed E-state index contributed by atoms with van der Waals surface area (Å²) in [5.74, 6) is -0.788. The molecule has 1 unspecified atom stereocenters. The van der Waals surface area contributed by atoms with Crippen LogP contribution in [0.3, 0.4) is 0 Å². The lowest BCUT2D eigenvalue weighted by atomic mass is 10.0. The Hall–Kier alpha value is -1.39. The van der Waals surface area contributed by atoms with E-state index in [1.807, 2.05) is 12.1 Å². The number of hydrogen-bond acceptors (Lipinski definition) is 3. The van der Waals surface area contributed by atoms with Crippen molar-refractivity contribution in [2.45, 2.75) is 38.3 Å². The average molecular weight is 262 g/mol. The monoisotopic (exact) mass is 262 g/mol. The molecule has 0 bridgehead atoms. The first-order chi connectivity index (χ1) is 9.15. The predicted octanol–water partition coefficient (Wildman–Crippen LogP) is 2.15. The molecule has 0 aromatic heterocycles. The van der Waals surface area contributed by atoms with Gasteiger partial charge in [-0.25, -0.2) is 0 Å². The van der Waals surface area contributed by atoms with E-state index in [4.69, 9.17) is 10.8 Å². The number of nitrogens with two attached hydrogens (primary N) is 1. The van der Waals surface area contributed by atoms with Gasteiger partial charge in [-0.1, -0.05) is 24.3 Å². The van der Waals surface area contributed by atoms with Crippen LogP contribution in [-0.4, -0.2) is 29.1 Å². The molecule has 0 aliphatic carbocycles. The Balaban J connectivity index is 1.95. The maximum Gasteiger partial charge on any atom is 0.303 e. The maximum atomic E-state index is 10.6. The van der Waals surface area contributed by atoms with Gasteiger partial charge in [0.25, 0.3) is 0 Å². The number of carbonyl (C=O) groups is 1. The lowest BCUT2D eigenvalue weighted by Crippen LogP contribution is -2.19. The molecular formula is C15H22N2O2. The molecular weight excluding hydrogens is 240 g/mol. The van der Waals surface area contributed by atoms with Gasteiger partial charge in [0.2, 0.25) is 0 Å². The summed E-state index contributed by atoms with van der Waals surface area (Å²) in [5, 5.41) is 8.69. The summed E-state index contributed by atoms with van der Waals surface area (Å²) in [6.07, 6.45) is 3.19. The Morgan fingerprint density at radius 2 is 2.11 bits per heavy atom. The number of nitrogens with zero attached hydrogens (tertiary/aromatic N) is 1. The van der Waals surface area contributed by atoms with Gasteiger partial charge in [0, 0.05) is 19.0 Å². The summed E-state index contributed by atoms with van der Waals surface area (Å²) < 4.78 is 0. The number of aliphatic carboxylic acids is 1. The molecule has 1 aromatic rings. The second-order valence-corrected chi connectivity index (χ2v) is 5.27. The summed E-state index contributed by atoms with van der Waals surface area (Å²) in [5.41, 5.74) is 8.35. The zero-order valence-corrected chi connectivity index (χ0v) is 11.2. The normalized spacial score (nSPS) is 17.5. The minimum absolute atomic E-state index is 0.123. The summed E-state index contributed by atoms with van der Waals surface area (Å²) in [6, 6.07) is 8.05. The molecule has 1 aromatic carbocycles. The molecule has 2 rings (SSSR count). The molecule has 1 heterocycles. The smallest absolute Gasteiger partial charge is 0.303 e. The van der Waals surface area contributed by atoms with Crippen molar-refractivity contribution < 1.29 is 9.90 Å². The minimum atomic E-state index is -0.788. The SMILES string of the molecule is NC(CCC(=O)O)c1cccc(CN2CCCC2)c1. The standard InChI is InChI=1S/C15H22N2O2/c16-14(6-7-15(18)19)13-5-3-4-12(10-13)11-17-8-1-2-9-17/h3-5,10,14H,1-2,6-9,11,16H2,(H,18,19). The second-order valence-electron chi connectivity index (χ2n) is 5.27. The van der Waals surface area contributed by atoms with Crippen LogP contribution in [0.1, 0.15) is 42.9 Å². The Morgan fingerprint density at radius 3 is 2.79 bits per heavy atom. The number of benzene rings is 1. The van der Waals surface area contributed by atoms with Gasteiger partial charge in [0.05, 0.1) is 0 Å². The molecule has 1 fully saturated rings. The first kappa shape index (κ1) is 14.0. The first-order valence-corrected chi connectivity index (χ1v) is 6.94. The van der Waals surface area contributed by atoms with Gasteiger partial charge in [-0.2, -0.15) is 0 Å².